The summed E-state index contributed by atoms with van der Waals surface area (Å²) in [6.45, 7) is -0.804. The topological polar surface area (TPSA) is 58.6 Å². The van der Waals surface area contributed by atoms with Crippen LogP contribution in [-0.4, -0.2) is 29.9 Å². The zero-order valence-electron chi connectivity index (χ0n) is 15.5. The number of hydrogen-bond acceptors (Lipinski definition) is 3. The molecule has 7 heteroatoms. The minimum absolute atomic E-state index is 0.0335. The number of benzene rings is 2. The van der Waals surface area contributed by atoms with Crippen LogP contribution in [0, 0.1) is 0 Å². The van der Waals surface area contributed by atoms with Gasteiger partial charge in [0.15, 0.2) is 0 Å². The number of para-hydroxylation sites is 1. The third-order valence-electron chi connectivity index (χ3n) is 4.86. The molecule has 1 N–H and O–H groups in total. The van der Waals surface area contributed by atoms with E-state index >= 15 is 0 Å². The Balaban J connectivity index is 1.70. The zero-order chi connectivity index (χ0) is 20.1. The molecule has 28 heavy (non-hydrogen) atoms. The predicted octanol–water partition coefficient (Wildman–Crippen LogP) is 3.44. The molecule has 0 bridgehead atoms. The van der Waals surface area contributed by atoms with Crippen molar-refractivity contribution in [1.82, 2.24) is 10.2 Å². The quantitative estimate of drug-likeness (QED) is 0.825. The number of rotatable bonds is 6. The SMILES string of the molecule is CC(=O)N1CCc2ccccc2C1CC(=O)NCc1ccccc1OC(F)F. The molecule has 0 saturated heterocycles. The van der Waals surface area contributed by atoms with Crippen molar-refractivity contribution in [3.63, 3.8) is 0 Å². The lowest BCUT2D eigenvalue weighted by Crippen LogP contribution is -2.41. The van der Waals surface area contributed by atoms with Crippen molar-refractivity contribution < 1.29 is 23.1 Å². The number of fused-ring (bicyclic) bond motifs is 1. The van der Waals surface area contributed by atoms with E-state index < -0.39 is 6.61 Å². The van der Waals surface area contributed by atoms with Gasteiger partial charge in [-0.3, -0.25) is 9.59 Å². The largest absolute Gasteiger partial charge is 0.434 e. The van der Waals surface area contributed by atoms with Crippen molar-refractivity contribution in [3.05, 3.63) is 65.2 Å². The lowest BCUT2D eigenvalue weighted by Gasteiger charge is -2.36. The number of nitrogens with zero attached hydrogens (tertiary/aromatic N) is 1. The maximum atomic E-state index is 12.6. The molecule has 1 aliphatic rings. The molecule has 0 aromatic heterocycles. The summed E-state index contributed by atoms with van der Waals surface area (Å²) in [5.41, 5.74) is 2.57. The fraction of sp³-hybridized carbons (Fsp3) is 0.333. The van der Waals surface area contributed by atoms with E-state index in [-0.39, 0.29) is 36.6 Å². The molecule has 1 atom stereocenters. The van der Waals surface area contributed by atoms with Crippen LogP contribution in [-0.2, 0) is 22.6 Å². The summed E-state index contributed by atoms with van der Waals surface area (Å²) in [4.78, 5) is 26.3. The van der Waals surface area contributed by atoms with Crippen molar-refractivity contribution >= 4 is 11.8 Å². The highest BCUT2D eigenvalue weighted by molar-refractivity contribution is 5.79. The van der Waals surface area contributed by atoms with E-state index in [4.69, 9.17) is 0 Å². The van der Waals surface area contributed by atoms with Crippen molar-refractivity contribution in [2.75, 3.05) is 6.54 Å². The van der Waals surface area contributed by atoms with Crippen LogP contribution in [0.2, 0.25) is 0 Å². The van der Waals surface area contributed by atoms with Gasteiger partial charge < -0.3 is 15.0 Å². The fourth-order valence-electron chi connectivity index (χ4n) is 3.55. The van der Waals surface area contributed by atoms with Crippen LogP contribution < -0.4 is 10.1 Å². The summed E-state index contributed by atoms with van der Waals surface area (Å²) in [5, 5.41) is 2.75. The molecule has 1 aliphatic heterocycles. The molecule has 2 aromatic rings. The van der Waals surface area contributed by atoms with Crippen LogP contribution in [0.3, 0.4) is 0 Å². The van der Waals surface area contributed by atoms with Gasteiger partial charge >= 0.3 is 6.61 Å². The molecule has 5 nitrogen and oxygen atoms in total. The first kappa shape index (κ1) is 19.8. The van der Waals surface area contributed by atoms with E-state index in [1.807, 2.05) is 24.3 Å². The average molecular weight is 388 g/mol. The van der Waals surface area contributed by atoms with Crippen LogP contribution in [0.5, 0.6) is 5.75 Å². The normalized spacial score (nSPS) is 15.9. The smallest absolute Gasteiger partial charge is 0.387 e. The van der Waals surface area contributed by atoms with E-state index in [2.05, 4.69) is 10.1 Å². The van der Waals surface area contributed by atoms with Crippen molar-refractivity contribution in [2.45, 2.75) is 39.0 Å². The van der Waals surface area contributed by atoms with Gasteiger partial charge in [-0.25, -0.2) is 0 Å². The van der Waals surface area contributed by atoms with Crippen molar-refractivity contribution in [1.29, 1.82) is 0 Å². The molecule has 0 spiro atoms. The van der Waals surface area contributed by atoms with Crippen molar-refractivity contribution in [3.8, 4) is 5.75 Å². The van der Waals surface area contributed by atoms with E-state index in [1.54, 1.807) is 23.1 Å². The Morgan fingerprint density at radius 3 is 2.64 bits per heavy atom. The Bertz CT molecular complexity index is 857. The number of alkyl halides is 2. The highest BCUT2D eigenvalue weighted by Gasteiger charge is 2.30. The average Bonchev–Trinajstić information content (AvgIpc) is 2.67. The van der Waals surface area contributed by atoms with Gasteiger partial charge in [-0.15, -0.1) is 0 Å². The number of ether oxygens (including phenoxy) is 1. The zero-order valence-corrected chi connectivity index (χ0v) is 15.5. The maximum absolute atomic E-state index is 12.6. The maximum Gasteiger partial charge on any atom is 0.387 e. The van der Waals surface area contributed by atoms with Gasteiger partial charge in [0.05, 0.1) is 12.5 Å². The van der Waals surface area contributed by atoms with Crippen LogP contribution in [0.4, 0.5) is 8.78 Å². The number of halogens is 2. The summed E-state index contributed by atoms with van der Waals surface area (Å²) in [6, 6.07) is 13.8. The highest BCUT2D eigenvalue weighted by atomic mass is 19.3. The Hall–Kier alpha value is -2.96. The summed E-state index contributed by atoms with van der Waals surface area (Å²) in [7, 11) is 0. The van der Waals surface area contributed by atoms with Gasteiger partial charge in [-0.2, -0.15) is 8.78 Å². The number of nitrogens with one attached hydrogen (secondary N) is 1. The second-order valence-electron chi connectivity index (χ2n) is 6.64. The standard InChI is InChI=1S/C21H22F2N2O3/c1-14(26)25-11-10-15-6-2-4-8-17(15)18(25)12-20(27)24-13-16-7-3-5-9-19(16)28-21(22)23/h2-9,18,21H,10-13H2,1H3,(H,24,27). The van der Waals surface area contributed by atoms with Gasteiger partial charge in [0, 0.05) is 25.6 Å². The molecule has 1 heterocycles. The Labute approximate surface area is 162 Å². The van der Waals surface area contributed by atoms with Crippen LogP contribution in [0.25, 0.3) is 0 Å². The molecule has 2 aromatic carbocycles. The first-order valence-electron chi connectivity index (χ1n) is 9.10. The second-order valence-corrected chi connectivity index (χ2v) is 6.64. The lowest BCUT2D eigenvalue weighted by atomic mass is 9.90. The fourth-order valence-corrected chi connectivity index (χ4v) is 3.55. The summed E-state index contributed by atoms with van der Waals surface area (Å²) in [6.07, 6.45) is 0.862. The molecule has 3 rings (SSSR count). The van der Waals surface area contributed by atoms with Crippen LogP contribution >= 0.6 is 0 Å². The molecule has 1 unspecified atom stereocenters. The van der Waals surface area contributed by atoms with Gasteiger partial charge in [0.2, 0.25) is 11.8 Å². The molecular weight excluding hydrogens is 366 g/mol. The summed E-state index contributed by atoms with van der Waals surface area (Å²) < 4.78 is 29.5. The highest BCUT2D eigenvalue weighted by Crippen LogP contribution is 2.32. The summed E-state index contributed by atoms with van der Waals surface area (Å²) in [5.74, 6) is -0.311. The molecular formula is C21H22F2N2O3. The minimum Gasteiger partial charge on any atom is -0.434 e. The van der Waals surface area contributed by atoms with E-state index in [9.17, 15) is 18.4 Å². The van der Waals surface area contributed by atoms with Crippen LogP contribution in [0.1, 0.15) is 36.1 Å². The number of hydrogen-bond donors (Lipinski definition) is 1. The molecule has 0 saturated carbocycles. The van der Waals surface area contributed by atoms with E-state index in [1.165, 1.54) is 13.0 Å². The minimum atomic E-state index is -2.93. The van der Waals surface area contributed by atoms with E-state index in [0.29, 0.717) is 12.1 Å². The molecule has 2 amide bonds. The summed E-state index contributed by atoms with van der Waals surface area (Å²) >= 11 is 0. The van der Waals surface area contributed by atoms with Gasteiger partial charge in [0.1, 0.15) is 5.75 Å². The molecule has 0 radical (unpaired) electrons. The number of carbonyl (C=O) groups is 2. The Kier molecular flexibility index (Phi) is 6.23. The van der Waals surface area contributed by atoms with Crippen molar-refractivity contribution in [2.24, 2.45) is 0 Å². The molecule has 0 fully saturated rings. The second kappa shape index (κ2) is 8.82. The monoisotopic (exact) mass is 388 g/mol. The Morgan fingerprint density at radius 1 is 1.18 bits per heavy atom. The molecule has 148 valence electrons. The third kappa shape index (κ3) is 4.65. The first-order chi connectivity index (χ1) is 13.5. The van der Waals surface area contributed by atoms with Gasteiger partial charge in [-0.1, -0.05) is 42.5 Å². The Morgan fingerprint density at radius 2 is 1.89 bits per heavy atom. The van der Waals surface area contributed by atoms with E-state index in [0.717, 1.165) is 17.5 Å². The lowest BCUT2D eigenvalue weighted by molar-refractivity contribution is -0.133. The van der Waals surface area contributed by atoms with Crippen LogP contribution in [0.15, 0.2) is 48.5 Å². The first-order valence-corrected chi connectivity index (χ1v) is 9.10. The third-order valence-corrected chi connectivity index (χ3v) is 4.86. The van der Waals surface area contributed by atoms with Gasteiger partial charge in [0.25, 0.3) is 0 Å². The number of carbonyl (C=O) groups excluding carboxylic acids is 2. The molecule has 0 aliphatic carbocycles. The predicted molar refractivity (Wildman–Crippen MR) is 99.8 cm³/mol. The van der Waals surface area contributed by atoms with Gasteiger partial charge in [-0.05, 0) is 23.6 Å². The number of amides is 2.